The smallest absolute Gasteiger partial charge is 0.145 e. The van der Waals surface area contributed by atoms with Gasteiger partial charge in [-0.15, -0.1) is 0 Å². The van der Waals surface area contributed by atoms with Crippen LogP contribution in [0, 0.1) is 11.6 Å². The second-order valence-electron chi connectivity index (χ2n) is 3.33. The molecule has 0 unspecified atom stereocenters. The molecule has 2 N–H and O–H groups in total. The van der Waals surface area contributed by atoms with Crippen LogP contribution in [0.25, 0.3) is 11.3 Å². The van der Waals surface area contributed by atoms with Gasteiger partial charge in [0.2, 0.25) is 0 Å². The lowest BCUT2D eigenvalue weighted by Gasteiger charge is -2.02. The van der Waals surface area contributed by atoms with Crippen LogP contribution in [0.15, 0.2) is 18.2 Å². The summed E-state index contributed by atoms with van der Waals surface area (Å²) in [5, 5.41) is 3.83. The highest BCUT2D eigenvalue weighted by molar-refractivity contribution is 6.33. The van der Waals surface area contributed by atoms with Gasteiger partial charge in [0.05, 0.1) is 10.7 Å². The van der Waals surface area contributed by atoms with Gasteiger partial charge in [0.1, 0.15) is 17.5 Å². The minimum absolute atomic E-state index is 0.167. The van der Waals surface area contributed by atoms with E-state index >= 15 is 0 Å². The number of nitrogen functional groups attached to an aromatic ring is 1. The average molecular weight is 244 g/mol. The van der Waals surface area contributed by atoms with E-state index < -0.39 is 11.6 Å². The molecule has 0 radical (unpaired) electrons. The molecule has 1 aromatic carbocycles. The van der Waals surface area contributed by atoms with Crippen molar-refractivity contribution in [3.63, 3.8) is 0 Å². The Labute approximate surface area is 95.4 Å². The van der Waals surface area contributed by atoms with E-state index in [0.29, 0.717) is 11.5 Å². The lowest BCUT2D eigenvalue weighted by molar-refractivity contribution is 0.584. The van der Waals surface area contributed by atoms with Crippen molar-refractivity contribution in [3.8, 4) is 11.3 Å². The third-order valence-corrected chi connectivity index (χ3v) is 2.57. The zero-order chi connectivity index (χ0) is 11.9. The molecule has 1 heterocycles. The standard InChI is InChI=1S/C10H8ClF2N3/c1-16-9(14)4-8(15-16)6-2-5(12)3-7(13)10(6)11/h2-4H,14H2,1H3. The molecule has 0 aliphatic heterocycles. The van der Waals surface area contributed by atoms with Gasteiger partial charge in [0, 0.05) is 24.7 Å². The molecule has 16 heavy (non-hydrogen) atoms. The van der Waals surface area contributed by atoms with Crippen LogP contribution in [0.3, 0.4) is 0 Å². The highest BCUT2D eigenvalue weighted by Gasteiger charge is 2.14. The highest BCUT2D eigenvalue weighted by atomic mass is 35.5. The molecule has 0 spiro atoms. The summed E-state index contributed by atoms with van der Waals surface area (Å²) < 4.78 is 27.6. The van der Waals surface area contributed by atoms with Crippen LogP contribution in [-0.4, -0.2) is 9.78 Å². The fraction of sp³-hybridized carbons (Fsp3) is 0.100. The molecule has 0 atom stereocenters. The molecule has 0 aliphatic carbocycles. The molecule has 2 rings (SSSR count). The maximum Gasteiger partial charge on any atom is 0.145 e. The predicted octanol–water partition coefficient (Wildman–Crippen LogP) is 2.60. The zero-order valence-corrected chi connectivity index (χ0v) is 9.09. The van der Waals surface area contributed by atoms with E-state index in [1.807, 2.05) is 0 Å². The molecule has 0 saturated heterocycles. The van der Waals surface area contributed by atoms with Gasteiger partial charge in [-0.3, -0.25) is 4.68 Å². The molecule has 0 aliphatic rings. The van der Waals surface area contributed by atoms with Crippen LogP contribution in [0.1, 0.15) is 0 Å². The minimum Gasteiger partial charge on any atom is -0.384 e. The fourth-order valence-electron chi connectivity index (χ4n) is 1.36. The van der Waals surface area contributed by atoms with Crippen LogP contribution < -0.4 is 5.73 Å². The Bertz CT molecular complexity index is 532. The third-order valence-electron chi connectivity index (χ3n) is 2.18. The second kappa shape index (κ2) is 3.75. The molecule has 1 aromatic heterocycles. The van der Waals surface area contributed by atoms with E-state index in [4.69, 9.17) is 17.3 Å². The van der Waals surface area contributed by atoms with Crippen molar-refractivity contribution in [1.29, 1.82) is 0 Å². The number of anilines is 1. The number of nitrogens with two attached hydrogens (primary N) is 1. The zero-order valence-electron chi connectivity index (χ0n) is 8.34. The van der Waals surface area contributed by atoms with Crippen molar-refractivity contribution in [1.82, 2.24) is 9.78 Å². The van der Waals surface area contributed by atoms with Crippen molar-refractivity contribution in [2.75, 3.05) is 5.73 Å². The number of aryl methyl sites for hydroxylation is 1. The Balaban J connectivity index is 2.63. The van der Waals surface area contributed by atoms with Gasteiger partial charge in [0.25, 0.3) is 0 Å². The number of halogens is 3. The van der Waals surface area contributed by atoms with E-state index in [1.54, 1.807) is 7.05 Å². The second-order valence-corrected chi connectivity index (χ2v) is 3.71. The summed E-state index contributed by atoms with van der Waals surface area (Å²) in [6, 6.07) is 3.34. The Hall–Kier alpha value is -1.62. The van der Waals surface area contributed by atoms with Crippen molar-refractivity contribution in [2.45, 2.75) is 0 Å². The van der Waals surface area contributed by atoms with Crippen molar-refractivity contribution >= 4 is 17.4 Å². The lowest BCUT2D eigenvalue weighted by Crippen LogP contribution is -1.96. The molecular weight excluding hydrogens is 236 g/mol. The summed E-state index contributed by atoms with van der Waals surface area (Å²) in [6.45, 7) is 0. The van der Waals surface area contributed by atoms with E-state index in [-0.39, 0.29) is 10.6 Å². The van der Waals surface area contributed by atoms with Gasteiger partial charge in [-0.25, -0.2) is 8.78 Å². The Morgan fingerprint density at radius 2 is 2.00 bits per heavy atom. The molecule has 0 saturated carbocycles. The monoisotopic (exact) mass is 243 g/mol. The molecule has 6 heteroatoms. The molecule has 84 valence electrons. The first-order chi connectivity index (χ1) is 7.49. The normalized spacial score (nSPS) is 10.8. The Morgan fingerprint density at radius 1 is 1.31 bits per heavy atom. The number of benzene rings is 1. The fourth-order valence-corrected chi connectivity index (χ4v) is 1.56. The first-order valence-corrected chi connectivity index (χ1v) is 4.81. The molecular formula is C10H8ClF2N3. The number of nitrogens with zero attached hydrogens (tertiary/aromatic N) is 2. The molecule has 0 fully saturated rings. The maximum absolute atomic E-state index is 13.2. The van der Waals surface area contributed by atoms with E-state index in [2.05, 4.69) is 5.10 Å². The largest absolute Gasteiger partial charge is 0.384 e. The minimum atomic E-state index is -0.819. The van der Waals surface area contributed by atoms with E-state index in [0.717, 1.165) is 12.1 Å². The summed E-state index contributed by atoms with van der Waals surface area (Å²) in [5.74, 6) is -1.14. The van der Waals surface area contributed by atoms with Gasteiger partial charge in [0.15, 0.2) is 0 Å². The molecule has 0 amide bonds. The Morgan fingerprint density at radius 3 is 2.56 bits per heavy atom. The summed E-state index contributed by atoms with van der Waals surface area (Å²) >= 11 is 5.73. The summed E-state index contributed by atoms with van der Waals surface area (Å²) in [4.78, 5) is 0. The van der Waals surface area contributed by atoms with Crippen LogP contribution >= 0.6 is 11.6 Å². The van der Waals surface area contributed by atoms with Gasteiger partial charge in [-0.1, -0.05) is 11.6 Å². The molecule has 0 bridgehead atoms. The van der Waals surface area contributed by atoms with Crippen LogP contribution in [0.2, 0.25) is 5.02 Å². The SMILES string of the molecule is Cn1nc(-c2cc(F)cc(F)c2Cl)cc1N. The summed E-state index contributed by atoms with van der Waals surface area (Å²) in [5.41, 5.74) is 6.10. The Kier molecular flexibility index (Phi) is 2.55. The number of rotatable bonds is 1. The van der Waals surface area contributed by atoms with Crippen LogP contribution in [0.5, 0.6) is 0 Å². The molecule has 2 aromatic rings. The van der Waals surface area contributed by atoms with E-state index in [1.165, 1.54) is 10.7 Å². The van der Waals surface area contributed by atoms with Gasteiger partial charge in [-0.05, 0) is 6.07 Å². The van der Waals surface area contributed by atoms with Crippen LogP contribution in [-0.2, 0) is 7.05 Å². The van der Waals surface area contributed by atoms with Gasteiger partial charge in [-0.2, -0.15) is 5.10 Å². The summed E-state index contributed by atoms with van der Waals surface area (Å²) in [7, 11) is 1.63. The number of aromatic nitrogens is 2. The highest BCUT2D eigenvalue weighted by Crippen LogP contribution is 2.30. The number of hydrogen-bond acceptors (Lipinski definition) is 2. The summed E-state index contributed by atoms with van der Waals surface area (Å²) in [6.07, 6.45) is 0. The first-order valence-electron chi connectivity index (χ1n) is 4.43. The predicted molar refractivity (Wildman–Crippen MR) is 58.0 cm³/mol. The average Bonchev–Trinajstić information content (AvgIpc) is 2.53. The van der Waals surface area contributed by atoms with Crippen molar-refractivity contribution in [3.05, 3.63) is 34.9 Å². The van der Waals surface area contributed by atoms with Crippen LogP contribution in [0.4, 0.5) is 14.6 Å². The topological polar surface area (TPSA) is 43.8 Å². The number of hydrogen-bond donors (Lipinski definition) is 1. The van der Waals surface area contributed by atoms with Gasteiger partial charge < -0.3 is 5.73 Å². The van der Waals surface area contributed by atoms with E-state index in [9.17, 15) is 8.78 Å². The van der Waals surface area contributed by atoms with Gasteiger partial charge >= 0.3 is 0 Å². The van der Waals surface area contributed by atoms with Crippen molar-refractivity contribution < 1.29 is 8.78 Å². The lowest BCUT2D eigenvalue weighted by atomic mass is 10.1. The third kappa shape index (κ3) is 1.74. The quantitative estimate of drug-likeness (QED) is 0.783. The maximum atomic E-state index is 13.2. The van der Waals surface area contributed by atoms with Crippen molar-refractivity contribution in [2.24, 2.45) is 7.05 Å². The first kappa shape index (κ1) is 10.9. The molecule has 3 nitrogen and oxygen atoms in total.